The van der Waals surface area contributed by atoms with Crippen molar-refractivity contribution in [1.29, 1.82) is 0 Å². The second kappa shape index (κ2) is 8.03. The first kappa shape index (κ1) is 15.0. The van der Waals surface area contributed by atoms with Gasteiger partial charge in [0.15, 0.2) is 0 Å². The lowest BCUT2D eigenvalue weighted by Crippen LogP contribution is -2.43. The highest BCUT2D eigenvalue weighted by Gasteiger charge is 2.15. The summed E-state index contributed by atoms with van der Waals surface area (Å²) in [6.45, 7) is 7.10. The summed E-state index contributed by atoms with van der Waals surface area (Å²) < 4.78 is 1.16. The molecule has 1 fully saturated rings. The number of hydrogen-bond donors (Lipinski definition) is 1. The van der Waals surface area contributed by atoms with Gasteiger partial charge in [-0.3, -0.25) is 4.90 Å². The van der Waals surface area contributed by atoms with Crippen molar-refractivity contribution in [3.8, 4) is 0 Å². The van der Waals surface area contributed by atoms with Crippen LogP contribution in [0.4, 0.5) is 0 Å². The Morgan fingerprint density at radius 1 is 1.16 bits per heavy atom. The predicted molar refractivity (Wildman–Crippen MR) is 85.6 cm³/mol. The third-order valence-electron chi connectivity index (χ3n) is 3.96. The van der Waals surface area contributed by atoms with E-state index < -0.39 is 0 Å². The molecule has 0 amide bonds. The third-order valence-corrected chi connectivity index (χ3v) is 4.49. The highest BCUT2D eigenvalue weighted by atomic mass is 79.9. The summed E-state index contributed by atoms with van der Waals surface area (Å²) in [7, 11) is 0. The van der Waals surface area contributed by atoms with Gasteiger partial charge in [-0.05, 0) is 63.5 Å². The SMILES string of the molecule is CC(CNCCc1ccc(Br)cc1)N1CCCCC1. The van der Waals surface area contributed by atoms with Gasteiger partial charge in [0.25, 0.3) is 0 Å². The van der Waals surface area contributed by atoms with Crippen LogP contribution in [-0.2, 0) is 6.42 Å². The van der Waals surface area contributed by atoms with Crippen molar-refractivity contribution < 1.29 is 0 Å². The average molecular weight is 325 g/mol. The number of hydrogen-bond acceptors (Lipinski definition) is 2. The van der Waals surface area contributed by atoms with E-state index in [0.717, 1.165) is 24.0 Å². The van der Waals surface area contributed by atoms with Gasteiger partial charge in [-0.2, -0.15) is 0 Å². The number of nitrogens with zero attached hydrogens (tertiary/aromatic N) is 1. The molecule has 1 aromatic carbocycles. The molecule has 106 valence electrons. The van der Waals surface area contributed by atoms with Crippen molar-refractivity contribution in [2.45, 2.75) is 38.6 Å². The summed E-state index contributed by atoms with van der Waals surface area (Å²) >= 11 is 3.47. The topological polar surface area (TPSA) is 15.3 Å². The molecule has 0 aliphatic carbocycles. The van der Waals surface area contributed by atoms with Crippen molar-refractivity contribution in [2.24, 2.45) is 0 Å². The Kier molecular flexibility index (Phi) is 6.35. The van der Waals surface area contributed by atoms with Gasteiger partial charge in [0, 0.05) is 17.1 Å². The highest BCUT2D eigenvalue weighted by molar-refractivity contribution is 9.10. The molecular weight excluding hydrogens is 300 g/mol. The van der Waals surface area contributed by atoms with E-state index in [9.17, 15) is 0 Å². The van der Waals surface area contributed by atoms with Crippen molar-refractivity contribution in [3.05, 3.63) is 34.3 Å². The summed E-state index contributed by atoms with van der Waals surface area (Å²) in [5.41, 5.74) is 1.40. The first-order valence-corrected chi connectivity index (χ1v) is 8.24. The second-order valence-electron chi connectivity index (χ2n) is 5.53. The Hall–Kier alpha value is -0.380. The minimum absolute atomic E-state index is 0.671. The Bertz CT molecular complexity index is 358. The molecule has 1 N–H and O–H groups in total. The maximum Gasteiger partial charge on any atom is 0.0192 e. The van der Waals surface area contributed by atoms with Crippen LogP contribution >= 0.6 is 15.9 Å². The lowest BCUT2D eigenvalue weighted by Gasteiger charge is -2.32. The Labute approximate surface area is 125 Å². The molecule has 1 aliphatic rings. The molecule has 0 aromatic heterocycles. The van der Waals surface area contributed by atoms with Crippen molar-refractivity contribution in [2.75, 3.05) is 26.2 Å². The molecule has 0 saturated carbocycles. The summed E-state index contributed by atoms with van der Waals surface area (Å²) in [6.07, 6.45) is 5.28. The van der Waals surface area contributed by atoms with Crippen molar-refractivity contribution in [1.82, 2.24) is 10.2 Å². The van der Waals surface area contributed by atoms with Crippen LogP contribution in [0.15, 0.2) is 28.7 Å². The monoisotopic (exact) mass is 324 g/mol. The summed E-state index contributed by atoms with van der Waals surface area (Å²) in [6, 6.07) is 9.29. The van der Waals surface area contributed by atoms with Crippen LogP contribution in [0.3, 0.4) is 0 Å². The van der Waals surface area contributed by atoms with Crippen molar-refractivity contribution >= 4 is 15.9 Å². The van der Waals surface area contributed by atoms with Gasteiger partial charge < -0.3 is 5.32 Å². The Morgan fingerprint density at radius 2 is 1.84 bits per heavy atom. The maximum absolute atomic E-state index is 3.59. The fourth-order valence-corrected chi connectivity index (χ4v) is 2.95. The average Bonchev–Trinajstić information content (AvgIpc) is 2.46. The second-order valence-corrected chi connectivity index (χ2v) is 6.44. The van der Waals surface area contributed by atoms with E-state index >= 15 is 0 Å². The molecule has 0 radical (unpaired) electrons. The number of likely N-dealkylation sites (tertiary alicyclic amines) is 1. The molecule has 1 atom stereocenters. The quantitative estimate of drug-likeness (QED) is 0.806. The molecule has 0 spiro atoms. The van der Waals surface area contributed by atoms with Gasteiger partial charge in [-0.15, -0.1) is 0 Å². The van der Waals surface area contributed by atoms with E-state index in [0.29, 0.717) is 6.04 Å². The van der Waals surface area contributed by atoms with Crippen LogP contribution < -0.4 is 5.32 Å². The zero-order valence-corrected chi connectivity index (χ0v) is 13.5. The van der Waals surface area contributed by atoms with Crippen LogP contribution in [0, 0.1) is 0 Å². The number of benzene rings is 1. The minimum Gasteiger partial charge on any atom is -0.315 e. The van der Waals surface area contributed by atoms with Crippen LogP contribution in [0.2, 0.25) is 0 Å². The number of piperidine rings is 1. The van der Waals surface area contributed by atoms with Crippen LogP contribution in [0.25, 0.3) is 0 Å². The highest BCUT2D eigenvalue weighted by Crippen LogP contribution is 2.12. The maximum atomic E-state index is 3.59. The molecule has 2 nitrogen and oxygen atoms in total. The number of rotatable bonds is 6. The van der Waals surface area contributed by atoms with Crippen LogP contribution in [0.5, 0.6) is 0 Å². The fraction of sp³-hybridized carbons (Fsp3) is 0.625. The predicted octanol–water partition coefficient (Wildman–Crippen LogP) is 3.46. The first-order valence-electron chi connectivity index (χ1n) is 7.45. The van der Waals surface area contributed by atoms with E-state index in [1.54, 1.807) is 0 Å². The molecule has 1 aromatic rings. The lowest BCUT2D eigenvalue weighted by atomic mass is 10.1. The summed E-state index contributed by atoms with van der Waals surface area (Å²) in [5.74, 6) is 0. The standard InChI is InChI=1S/C16H25BrN2/c1-14(19-11-3-2-4-12-19)13-18-10-9-15-5-7-16(17)8-6-15/h5-8,14,18H,2-4,9-13H2,1H3. The molecule has 1 saturated heterocycles. The fourth-order valence-electron chi connectivity index (χ4n) is 2.68. The van der Waals surface area contributed by atoms with Crippen molar-refractivity contribution in [3.63, 3.8) is 0 Å². The van der Waals surface area contributed by atoms with Gasteiger partial charge in [-0.1, -0.05) is 34.5 Å². The molecule has 1 aliphatic heterocycles. The van der Waals surface area contributed by atoms with E-state index in [-0.39, 0.29) is 0 Å². The number of nitrogens with one attached hydrogen (secondary N) is 1. The van der Waals surface area contributed by atoms with Crippen LogP contribution in [0.1, 0.15) is 31.7 Å². The van der Waals surface area contributed by atoms with Crippen LogP contribution in [-0.4, -0.2) is 37.1 Å². The largest absolute Gasteiger partial charge is 0.315 e. The van der Waals surface area contributed by atoms with Gasteiger partial charge in [-0.25, -0.2) is 0 Å². The minimum atomic E-state index is 0.671. The number of halogens is 1. The van der Waals surface area contributed by atoms with Gasteiger partial charge >= 0.3 is 0 Å². The lowest BCUT2D eigenvalue weighted by molar-refractivity contribution is 0.171. The van der Waals surface area contributed by atoms with E-state index in [2.05, 4.69) is 57.3 Å². The Morgan fingerprint density at radius 3 is 2.53 bits per heavy atom. The van der Waals surface area contributed by atoms with E-state index in [1.165, 1.54) is 37.9 Å². The van der Waals surface area contributed by atoms with E-state index in [1.807, 2.05) is 0 Å². The van der Waals surface area contributed by atoms with Gasteiger partial charge in [0.2, 0.25) is 0 Å². The normalized spacial score (nSPS) is 18.4. The molecule has 0 bridgehead atoms. The smallest absolute Gasteiger partial charge is 0.0192 e. The first-order chi connectivity index (χ1) is 9.25. The van der Waals surface area contributed by atoms with Gasteiger partial charge in [0.1, 0.15) is 0 Å². The van der Waals surface area contributed by atoms with E-state index in [4.69, 9.17) is 0 Å². The molecular formula is C16H25BrN2. The molecule has 3 heteroatoms. The molecule has 1 unspecified atom stereocenters. The zero-order valence-electron chi connectivity index (χ0n) is 11.9. The molecule has 2 rings (SSSR count). The summed E-state index contributed by atoms with van der Waals surface area (Å²) in [4.78, 5) is 2.62. The zero-order chi connectivity index (χ0) is 13.5. The molecule has 1 heterocycles. The Balaban J connectivity index is 1.62. The molecule has 19 heavy (non-hydrogen) atoms. The summed E-state index contributed by atoms with van der Waals surface area (Å²) in [5, 5.41) is 3.59. The third kappa shape index (κ3) is 5.25. The van der Waals surface area contributed by atoms with Gasteiger partial charge in [0.05, 0.1) is 0 Å².